The van der Waals surface area contributed by atoms with Gasteiger partial charge in [0.25, 0.3) is 5.91 Å². The van der Waals surface area contributed by atoms with E-state index in [2.05, 4.69) is 10.0 Å². The maximum absolute atomic E-state index is 12.5. The van der Waals surface area contributed by atoms with Crippen molar-refractivity contribution < 1.29 is 27.5 Å². The van der Waals surface area contributed by atoms with Crippen molar-refractivity contribution >= 4 is 56.6 Å². The summed E-state index contributed by atoms with van der Waals surface area (Å²) in [6, 6.07) is 8.36. The fraction of sp³-hybridized carbons (Fsp3) is 0.250. The van der Waals surface area contributed by atoms with Gasteiger partial charge in [0.05, 0.1) is 21.3 Å². The summed E-state index contributed by atoms with van der Waals surface area (Å²) in [6.07, 6.45) is 1.45. The molecular weight excluding hydrogens is 467 g/mol. The quantitative estimate of drug-likeness (QED) is 0.437. The van der Waals surface area contributed by atoms with Crippen LogP contribution in [-0.2, 0) is 19.6 Å². The predicted molar refractivity (Wildman–Crippen MR) is 115 cm³/mol. The Bertz CT molecular complexity index is 1160. The van der Waals surface area contributed by atoms with Crippen LogP contribution in [0.4, 0.5) is 5.69 Å². The summed E-state index contributed by atoms with van der Waals surface area (Å²) in [4.78, 5) is 35.9. The molecule has 0 aliphatic heterocycles. The van der Waals surface area contributed by atoms with Crippen LogP contribution in [-0.4, -0.2) is 38.7 Å². The molecular formula is C20H18Cl2N2O6S. The second-order valence-electron chi connectivity index (χ2n) is 6.88. The average Bonchev–Trinajstić information content (AvgIpc) is 3.49. The first-order valence-electron chi connectivity index (χ1n) is 9.17. The van der Waals surface area contributed by atoms with Gasteiger partial charge in [-0.1, -0.05) is 35.3 Å². The summed E-state index contributed by atoms with van der Waals surface area (Å²) in [5.41, 5.74) is 0.334. The third kappa shape index (κ3) is 5.82. The van der Waals surface area contributed by atoms with E-state index in [1.807, 2.05) is 0 Å². The number of esters is 1. The monoisotopic (exact) mass is 484 g/mol. The molecule has 0 atom stereocenters. The molecule has 2 N–H and O–H groups in total. The van der Waals surface area contributed by atoms with Crippen molar-refractivity contribution in [3.8, 4) is 0 Å². The highest BCUT2D eigenvalue weighted by molar-refractivity contribution is 7.89. The molecule has 1 amide bonds. The molecule has 1 aliphatic rings. The molecule has 0 bridgehead atoms. The Labute approximate surface area is 188 Å². The summed E-state index contributed by atoms with van der Waals surface area (Å²) < 4.78 is 32.4. The number of Topliss-reactive ketones (excluding diaryl/α,β-unsaturated/α-hetero) is 1. The number of para-hydroxylation sites is 1. The van der Waals surface area contributed by atoms with Gasteiger partial charge in [-0.3, -0.25) is 9.59 Å². The van der Waals surface area contributed by atoms with Crippen LogP contribution in [0, 0.1) is 0 Å². The lowest BCUT2D eigenvalue weighted by atomic mass is 10.1. The second kappa shape index (κ2) is 9.35. The number of sulfonamides is 1. The van der Waals surface area contributed by atoms with Gasteiger partial charge in [0.1, 0.15) is 4.90 Å². The van der Waals surface area contributed by atoms with E-state index in [4.69, 9.17) is 27.9 Å². The van der Waals surface area contributed by atoms with E-state index in [0.717, 1.165) is 25.0 Å². The van der Waals surface area contributed by atoms with Crippen LogP contribution in [0.25, 0.3) is 0 Å². The van der Waals surface area contributed by atoms with Crippen molar-refractivity contribution in [2.75, 3.05) is 11.9 Å². The maximum atomic E-state index is 12.5. The summed E-state index contributed by atoms with van der Waals surface area (Å²) in [6.45, 7) is 0.684. The first-order chi connectivity index (χ1) is 14.6. The van der Waals surface area contributed by atoms with E-state index in [1.165, 1.54) is 13.0 Å². The number of halogens is 2. The van der Waals surface area contributed by atoms with Crippen molar-refractivity contribution in [3.05, 3.63) is 57.6 Å². The van der Waals surface area contributed by atoms with Gasteiger partial charge >= 0.3 is 5.97 Å². The molecule has 8 nitrogen and oxygen atoms in total. The molecule has 0 spiro atoms. The highest BCUT2D eigenvalue weighted by Gasteiger charge is 2.30. The van der Waals surface area contributed by atoms with E-state index in [9.17, 15) is 22.8 Å². The van der Waals surface area contributed by atoms with Crippen molar-refractivity contribution in [2.24, 2.45) is 0 Å². The zero-order chi connectivity index (χ0) is 22.8. The van der Waals surface area contributed by atoms with Crippen LogP contribution in [0.3, 0.4) is 0 Å². The van der Waals surface area contributed by atoms with Gasteiger partial charge in [0.2, 0.25) is 10.0 Å². The Morgan fingerprint density at radius 2 is 1.74 bits per heavy atom. The number of anilines is 1. The molecule has 11 heteroatoms. The topological polar surface area (TPSA) is 119 Å². The number of benzene rings is 2. The minimum Gasteiger partial charge on any atom is -0.452 e. The van der Waals surface area contributed by atoms with Gasteiger partial charge in [-0.25, -0.2) is 17.9 Å². The zero-order valence-electron chi connectivity index (χ0n) is 16.3. The Morgan fingerprint density at radius 1 is 1.06 bits per heavy atom. The number of ketones is 1. The van der Waals surface area contributed by atoms with Crippen LogP contribution in [0.5, 0.6) is 0 Å². The van der Waals surface area contributed by atoms with Crippen molar-refractivity contribution in [2.45, 2.75) is 30.7 Å². The largest absolute Gasteiger partial charge is 0.452 e. The van der Waals surface area contributed by atoms with E-state index in [0.29, 0.717) is 5.56 Å². The third-order valence-electron chi connectivity index (χ3n) is 4.34. The van der Waals surface area contributed by atoms with Crippen molar-refractivity contribution in [1.82, 2.24) is 4.72 Å². The number of carbonyl (C=O) groups is 3. The number of hydrogen-bond acceptors (Lipinski definition) is 6. The predicted octanol–water partition coefficient (Wildman–Crippen LogP) is 3.43. The fourth-order valence-corrected chi connectivity index (χ4v) is 4.83. The van der Waals surface area contributed by atoms with Crippen molar-refractivity contribution in [1.29, 1.82) is 0 Å². The van der Waals surface area contributed by atoms with Crippen LogP contribution >= 0.6 is 23.2 Å². The highest BCUT2D eigenvalue weighted by atomic mass is 35.5. The summed E-state index contributed by atoms with van der Waals surface area (Å²) in [7, 11) is -3.94. The Hall–Kier alpha value is -2.46. The molecule has 31 heavy (non-hydrogen) atoms. The molecule has 3 rings (SSSR count). The number of rotatable bonds is 8. The fourth-order valence-electron chi connectivity index (χ4n) is 2.67. The Morgan fingerprint density at radius 3 is 2.39 bits per heavy atom. The Balaban J connectivity index is 1.71. The Kier molecular flexibility index (Phi) is 7.00. The molecule has 0 saturated heterocycles. The first-order valence-corrected chi connectivity index (χ1v) is 11.4. The molecule has 1 saturated carbocycles. The van der Waals surface area contributed by atoms with E-state index in [-0.39, 0.29) is 38.0 Å². The van der Waals surface area contributed by atoms with Gasteiger partial charge in [-0.2, -0.15) is 0 Å². The maximum Gasteiger partial charge on any atom is 0.340 e. The number of amides is 1. The molecule has 0 aromatic heterocycles. The number of carbonyl (C=O) groups excluding carboxylic acids is 3. The first kappa shape index (κ1) is 23.2. The minimum absolute atomic E-state index is 0.122. The lowest BCUT2D eigenvalue weighted by Gasteiger charge is -2.12. The number of hydrogen-bond donors (Lipinski definition) is 2. The molecule has 1 fully saturated rings. The zero-order valence-corrected chi connectivity index (χ0v) is 18.6. The van der Waals surface area contributed by atoms with Gasteiger partial charge in [-0.15, -0.1) is 0 Å². The molecule has 0 radical (unpaired) electrons. The van der Waals surface area contributed by atoms with Gasteiger partial charge in [-0.05, 0) is 44.0 Å². The van der Waals surface area contributed by atoms with Gasteiger partial charge < -0.3 is 10.1 Å². The summed E-state index contributed by atoms with van der Waals surface area (Å²) in [5, 5.41) is 2.22. The van der Waals surface area contributed by atoms with Crippen LogP contribution in [0.15, 0.2) is 41.3 Å². The summed E-state index contributed by atoms with van der Waals surface area (Å²) in [5.74, 6) is -1.93. The number of ether oxygens (including phenoxy) is 1. The number of nitrogens with one attached hydrogen (secondary N) is 2. The lowest BCUT2D eigenvalue weighted by molar-refractivity contribution is -0.119. The third-order valence-corrected chi connectivity index (χ3v) is 6.64. The molecule has 1 aliphatic carbocycles. The van der Waals surface area contributed by atoms with Crippen LogP contribution in [0.2, 0.25) is 10.0 Å². The smallest absolute Gasteiger partial charge is 0.340 e. The SMILES string of the molecule is CC(=O)c1ccccc1NC(=O)COC(=O)c1cc(S(=O)(=O)NC2CC2)c(Cl)cc1Cl. The van der Waals surface area contributed by atoms with E-state index >= 15 is 0 Å². The molecule has 0 heterocycles. The van der Waals surface area contributed by atoms with Crippen LogP contribution in [0.1, 0.15) is 40.5 Å². The van der Waals surface area contributed by atoms with Crippen LogP contribution < -0.4 is 10.0 Å². The van der Waals surface area contributed by atoms with Gasteiger partial charge in [0.15, 0.2) is 12.4 Å². The average molecular weight is 485 g/mol. The second-order valence-corrected chi connectivity index (χ2v) is 9.38. The minimum atomic E-state index is -3.94. The van der Waals surface area contributed by atoms with Crippen molar-refractivity contribution in [3.63, 3.8) is 0 Å². The van der Waals surface area contributed by atoms with E-state index < -0.39 is 28.5 Å². The van der Waals surface area contributed by atoms with E-state index in [1.54, 1.807) is 18.2 Å². The highest BCUT2D eigenvalue weighted by Crippen LogP contribution is 2.31. The summed E-state index contributed by atoms with van der Waals surface area (Å²) >= 11 is 12.0. The molecule has 2 aromatic carbocycles. The van der Waals surface area contributed by atoms with Gasteiger partial charge in [0, 0.05) is 11.6 Å². The molecule has 164 valence electrons. The molecule has 0 unspecified atom stereocenters. The lowest BCUT2D eigenvalue weighted by Crippen LogP contribution is -2.26. The normalized spacial score (nSPS) is 13.5. The standard InChI is InChI=1S/C20H18Cl2N2O6S/c1-11(25)13-4-2-3-5-17(13)23-19(26)10-30-20(27)14-8-18(16(22)9-15(14)21)31(28,29)24-12-6-7-12/h2-5,8-9,12,24H,6-7,10H2,1H3,(H,23,26). The molecule has 2 aromatic rings.